The second-order valence-electron chi connectivity index (χ2n) is 9.62. The zero-order valence-corrected chi connectivity index (χ0v) is 20.2. The van der Waals surface area contributed by atoms with E-state index in [0.717, 1.165) is 19.3 Å². The molecule has 7 heteroatoms. The van der Waals surface area contributed by atoms with E-state index in [2.05, 4.69) is 34.9 Å². The maximum atomic E-state index is 12.7. The molecule has 1 fully saturated rings. The normalized spacial score (nSPS) is 19.5. The first-order valence-corrected chi connectivity index (χ1v) is 12.6. The van der Waals surface area contributed by atoms with Gasteiger partial charge in [0.25, 0.3) is 0 Å². The molecule has 3 N–H and O–H groups in total. The van der Waals surface area contributed by atoms with Crippen molar-refractivity contribution in [2.24, 2.45) is 17.8 Å². The lowest BCUT2D eigenvalue weighted by Gasteiger charge is -2.21. The second kappa shape index (κ2) is 11.4. The van der Waals surface area contributed by atoms with Crippen LogP contribution in [0.5, 0.6) is 0 Å². The van der Waals surface area contributed by atoms with Gasteiger partial charge < -0.3 is 20.5 Å². The minimum atomic E-state index is -0.850. The van der Waals surface area contributed by atoms with E-state index in [1.54, 1.807) is 0 Å². The van der Waals surface area contributed by atoms with E-state index in [4.69, 9.17) is 9.84 Å². The zero-order chi connectivity index (χ0) is 24.8. The first kappa shape index (κ1) is 24.8. The molecule has 1 saturated carbocycles. The summed E-state index contributed by atoms with van der Waals surface area (Å²) in [6, 6.07) is 16.4. The van der Waals surface area contributed by atoms with Gasteiger partial charge >= 0.3 is 12.1 Å². The van der Waals surface area contributed by atoms with E-state index in [0.29, 0.717) is 19.5 Å². The zero-order valence-electron chi connectivity index (χ0n) is 20.2. The van der Waals surface area contributed by atoms with Gasteiger partial charge in [-0.05, 0) is 46.9 Å². The van der Waals surface area contributed by atoms with Gasteiger partial charge in [-0.25, -0.2) is 4.79 Å². The number of hydrogen-bond acceptors (Lipinski definition) is 4. The number of hydrogen-bond donors (Lipinski definition) is 3. The van der Waals surface area contributed by atoms with E-state index in [1.165, 1.54) is 22.3 Å². The van der Waals surface area contributed by atoms with Crippen LogP contribution in [0.2, 0.25) is 0 Å². The van der Waals surface area contributed by atoms with Gasteiger partial charge in [0, 0.05) is 31.3 Å². The molecule has 0 saturated heterocycles. The maximum Gasteiger partial charge on any atom is 0.407 e. The number of carbonyl (C=O) groups excluding carboxylic acids is 2. The molecule has 0 spiro atoms. The Labute approximate surface area is 206 Å². The second-order valence-corrected chi connectivity index (χ2v) is 9.62. The van der Waals surface area contributed by atoms with E-state index in [1.807, 2.05) is 31.2 Å². The highest BCUT2D eigenvalue weighted by molar-refractivity contribution is 5.80. The highest BCUT2D eigenvalue weighted by Crippen LogP contribution is 2.44. The SMILES string of the molecule is CCC(CNC(=O)[C@@H]1CCC[C@@H]1CNC(=O)OCC1c2ccccc2-c2ccccc21)CC(=O)O. The molecule has 2 aromatic carbocycles. The van der Waals surface area contributed by atoms with E-state index >= 15 is 0 Å². The molecular formula is C28H34N2O5. The molecule has 0 aromatic heterocycles. The number of alkyl carbamates (subject to hydrolysis) is 1. The van der Waals surface area contributed by atoms with Crippen LogP contribution in [0.25, 0.3) is 11.1 Å². The number of carbonyl (C=O) groups is 3. The fourth-order valence-electron chi connectivity index (χ4n) is 5.47. The third-order valence-corrected chi connectivity index (χ3v) is 7.45. The molecule has 0 radical (unpaired) electrons. The molecule has 0 bridgehead atoms. The number of carboxylic acid groups (broad SMARTS) is 1. The standard InChI is InChI=1S/C28H34N2O5/c1-2-18(14-26(31)32)15-29-27(33)20-13-7-8-19(20)16-30-28(34)35-17-25-23-11-5-3-9-21(23)22-10-4-6-12-24(22)25/h3-6,9-12,18-20,25H,2,7-8,13-17H2,1H3,(H,29,33)(H,30,34)(H,31,32)/t18?,19-,20-/m1/s1. The molecule has 35 heavy (non-hydrogen) atoms. The topological polar surface area (TPSA) is 105 Å². The first-order chi connectivity index (χ1) is 17.0. The van der Waals surface area contributed by atoms with Gasteiger partial charge in [-0.2, -0.15) is 0 Å². The molecule has 2 aromatic rings. The number of amides is 2. The Morgan fingerprint density at radius 2 is 1.66 bits per heavy atom. The van der Waals surface area contributed by atoms with Crippen LogP contribution >= 0.6 is 0 Å². The van der Waals surface area contributed by atoms with Crippen molar-refractivity contribution in [2.45, 2.75) is 44.9 Å². The molecule has 186 valence electrons. The number of fused-ring (bicyclic) bond motifs is 3. The van der Waals surface area contributed by atoms with E-state index in [-0.39, 0.29) is 42.6 Å². The van der Waals surface area contributed by atoms with Crippen molar-refractivity contribution in [2.75, 3.05) is 19.7 Å². The van der Waals surface area contributed by atoms with Gasteiger partial charge in [0.15, 0.2) is 0 Å². The maximum absolute atomic E-state index is 12.7. The first-order valence-electron chi connectivity index (χ1n) is 12.6. The van der Waals surface area contributed by atoms with Crippen molar-refractivity contribution in [1.82, 2.24) is 10.6 Å². The Hall–Kier alpha value is -3.35. The molecular weight excluding hydrogens is 444 g/mol. The van der Waals surface area contributed by atoms with Crippen molar-refractivity contribution in [1.29, 1.82) is 0 Å². The lowest BCUT2D eigenvalue weighted by Crippen LogP contribution is -2.39. The predicted octanol–water partition coefficient (Wildman–Crippen LogP) is 4.56. The third-order valence-electron chi connectivity index (χ3n) is 7.45. The molecule has 0 aliphatic heterocycles. The lowest BCUT2D eigenvalue weighted by molar-refractivity contribution is -0.138. The van der Waals surface area contributed by atoms with Crippen LogP contribution in [0.3, 0.4) is 0 Å². The molecule has 0 heterocycles. The number of rotatable bonds is 10. The number of aliphatic carboxylic acids is 1. The average Bonchev–Trinajstić information content (AvgIpc) is 3.46. The van der Waals surface area contributed by atoms with E-state index < -0.39 is 12.1 Å². The quantitative estimate of drug-likeness (QED) is 0.464. The van der Waals surface area contributed by atoms with Gasteiger partial charge in [0.2, 0.25) is 5.91 Å². The van der Waals surface area contributed by atoms with Crippen molar-refractivity contribution < 1.29 is 24.2 Å². The van der Waals surface area contributed by atoms with Gasteiger partial charge in [0.05, 0.1) is 0 Å². The number of carboxylic acids is 1. The number of benzene rings is 2. The van der Waals surface area contributed by atoms with Gasteiger partial charge in [-0.1, -0.05) is 68.3 Å². The largest absolute Gasteiger partial charge is 0.481 e. The summed E-state index contributed by atoms with van der Waals surface area (Å²) < 4.78 is 5.62. The molecule has 3 atom stereocenters. The van der Waals surface area contributed by atoms with Crippen molar-refractivity contribution in [3.8, 4) is 11.1 Å². The smallest absolute Gasteiger partial charge is 0.407 e. The molecule has 2 amide bonds. The van der Waals surface area contributed by atoms with Crippen molar-refractivity contribution in [3.63, 3.8) is 0 Å². The molecule has 1 unspecified atom stereocenters. The summed E-state index contributed by atoms with van der Waals surface area (Å²) in [4.78, 5) is 36.2. The third kappa shape index (κ3) is 5.84. The van der Waals surface area contributed by atoms with Crippen LogP contribution in [0.1, 0.15) is 56.1 Å². The summed E-state index contributed by atoms with van der Waals surface area (Å²) in [5.74, 6) is -1.09. The fourth-order valence-corrected chi connectivity index (χ4v) is 5.47. The van der Waals surface area contributed by atoms with Gasteiger partial charge in [0.1, 0.15) is 6.61 Å². The summed E-state index contributed by atoms with van der Waals surface area (Å²) >= 11 is 0. The monoisotopic (exact) mass is 478 g/mol. The Bertz CT molecular complexity index is 1020. The van der Waals surface area contributed by atoms with Crippen LogP contribution in [-0.2, 0) is 14.3 Å². The lowest BCUT2D eigenvalue weighted by atomic mass is 9.94. The summed E-state index contributed by atoms with van der Waals surface area (Å²) in [5, 5.41) is 14.8. The van der Waals surface area contributed by atoms with Gasteiger partial charge in [-0.3, -0.25) is 9.59 Å². The Morgan fingerprint density at radius 1 is 1.00 bits per heavy atom. The van der Waals surface area contributed by atoms with E-state index in [9.17, 15) is 14.4 Å². The van der Waals surface area contributed by atoms with Crippen LogP contribution in [-0.4, -0.2) is 42.8 Å². The Balaban J connectivity index is 1.26. The summed E-state index contributed by atoms with van der Waals surface area (Å²) in [6.07, 6.45) is 2.86. The Morgan fingerprint density at radius 3 is 2.29 bits per heavy atom. The van der Waals surface area contributed by atoms with Crippen molar-refractivity contribution >= 4 is 18.0 Å². The van der Waals surface area contributed by atoms with Crippen LogP contribution in [0.15, 0.2) is 48.5 Å². The molecule has 7 nitrogen and oxygen atoms in total. The van der Waals surface area contributed by atoms with Crippen molar-refractivity contribution in [3.05, 3.63) is 59.7 Å². The van der Waals surface area contributed by atoms with Gasteiger partial charge in [-0.15, -0.1) is 0 Å². The predicted molar refractivity (Wildman–Crippen MR) is 133 cm³/mol. The van der Waals surface area contributed by atoms with Crippen LogP contribution in [0, 0.1) is 17.8 Å². The summed E-state index contributed by atoms with van der Waals surface area (Å²) in [7, 11) is 0. The molecule has 2 aliphatic rings. The summed E-state index contributed by atoms with van der Waals surface area (Å²) in [6.45, 7) is 2.94. The minimum absolute atomic E-state index is 0.00970. The number of nitrogens with one attached hydrogen (secondary N) is 2. The minimum Gasteiger partial charge on any atom is -0.481 e. The van der Waals surface area contributed by atoms with Crippen LogP contribution < -0.4 is 10.6 Å². The highest BCUT2D eigenvalue weighted by atomic mass is 16.5. The molecule has 4 rings (SSSR count). The average molecular weight is 479 g/mol. The van der Waals surface area contributed by atoms with Crippen LogP contribution in [0.4, 0.5) is 4.79 Å². The molecule has 2 aliphatic carbocycles. The number of ether oxygens (including phenoxy) is 1. The fraction of sp³-hybridized carbons (Fsp3) is 0.464. The Kier molecular flexibility index (Phi) is 8.06. The highest BCUT2D eigenvalue weighted by Gasteiger charge is 2.34. The summed E-state index contributed by atoms with van der Waals surface area (Å²) in [5.41, 5.74) is 4.71.